The van der Waals surface area contributed by atoms with Gasteiger partial charge in [0.25, 0.3) is 5.56 Å². The first-order valence-electron chi connectivity index (χ1n) is 6.91. The maximum absolute atomic E-state index is 11.9. The van der Waals surface area contributed by atoms with Crippen LogP contribution >= 0.6 is 0 Å². The molecule has 0 radical (unpaired) electrons. The van der Waals surface area contributed by atoms with Crippen LogP contribution in [0.25, 0.3) is 11.3 Å². The van der Waals surface area contributed by atoms with Crippen LogP contribution in [-0.4, -0.2) is 19.1 Å². The van der Waals surface area contributed by atoms with Gasteiger partial charge in [0, 0.05) is 25.3 Å². The van der Waals surface area contributed by atoms with E-state index in [2.05, 4.69) is 48.0 Å². The first-order valence-corrected chi connectivity index (χ1v) is 6.91. The predicted molar refractivity (Wildman–Crippen MR) is 85.7 cm³/mol. The molecule has 1 N–H and O–H groups in total. The molecule has 3 heteroatoms. The van der Waals surface area contributed by atoms with Crippen LogP contribution in [-0.2, 0) is 0 Å². The predicted octanol–water partition coefficient (Wildman–Crippen LogP) is 3.54. The summed E-state index contributed by atoms with van der Waals surface area (Å²) in [4.78, 5) is 17.0. The maximum Gasteiger partial charge on any atom is 0.251 e. The van der Waals surface area contributed by atoms with Gasteiger partial charge >= 0.3 is 0 Å². The van der Waals surface area contributed by atoms with Gasteiger partial charge in [0.2, 0.25) is 0 Å². The molecular weight excluding hydrogens is 248 g/mol. The van der Waals surface area contributed by atoms with Crippen molar-refractivity contribution in [3.8, 4) is 11.3 Å². The quantitative estimate of drug-likeness (QED) is 0.926. The van der Waals surface area contributed by atoms with Gasteiger partial charge in [-0.1, -0.05) is 26.0 Å². The second-order valence-corrected chi connectivity index (χ2v) is 5.71. The van der Waals surface area contributed by atoms with Gasteiger partial charge in [0.05, 0.1) is 5.69 Å². The molecule has 0 saturated heterocycles. The summed E-state index contributed by atoms with van der Waals surface area (Å²) in [7, 11) is 4.03. The molecule has 0 atom stereocenters. The van der Waals surface area contributed by atoms with Crippen LogP contribution < -0.4 is 10.5 Å². The molecule has 0 aliphatic heterocycles. The molecule has 20 heavy (non-hydrogen) atoms. The average Bonchev–Trinajstić information content (AvgIpc) is 2.41. The van der Waals surface area contributed by atoms with Gasteiger partial charge < -0.3 is 9.88 Å². The highest BCUT2D eigenvalue weighted by molar-refractivity contribution is 5.66. The summed E-state index contributed by atoms with van der Waals surface area (Å²) in [5.74, 6) is 0.370. The number of hydrogen-bond donors (Lipinski definition) is 1. The van der Waals surface area contributed by atoms with Crippen molar-refractivity contribution in [2.24, 2.45) is 0 Å². The van der Waals surface area contributed by atoms with Crippen molar-refractivity contribution in [1.29, 1.82) is 0 Å². The van der Waals surface area contributed by atoms with Gasteiger partial charge in [-0.15, -0.1) is 0 Å². The molecule has 0 saturated carbocycles. The van der Waals surface area contributed by atoms with Gasteiger partial charge in [-0.2, -0.15) is 0 Å². The Morgan fingerprint density at radius 2 is 1.70 bits per heavy atom. The highest BCUT2D eigenvalue weighted by Gasteiger charge is 2.11. The topological polar surface area (TPSA) is 36.1 Å². The Morgan fingerprint density at radius 3 is 2.20 bits per heavy atom. The van der Waals surface area contributed by atoms with E-state index < -0.39 is 0 Å². The molecule has 1 aromatic carbocycles. The minimum atomic E-state index is -0.0129. The summed E-state index contributed by atoms with van der Waals surface area (Å²) in [6, 6.07) is 10.2. The van der Waals surface area contributed by atoms with E-state index in [0.29, 0.717) is 5.92 Å². The van der Waals surface area contributed by atoms with Crippen molar-refractivity contribution in [3.05, 3.63) is 51.8 Å². The number of rotatable bonds is 3. The van der Waals surface area contributed by atoms with Crippen LogP contribution in [0.1, 0.15) is 30.9 Å². The molecule has 0 amide bonds. The Morgan fingerprint density at radius 1 is 1.10 bits per heavy atom. The van der Waals surface area contributed by atoms with Crippen molar-refractivity contribution in [1.82, 2.24) is 4.98 Å². The monoisotopic (exact) mass is 270 g/mol. The van der Waals surface area contributed by atoms with Gasteiger partial charge in [-0.25, -0.2) is 0 Å². The zero-order chi connectivity index (χ0) is 14.9. The SMILES string of the molecule is Cc1cc(C(C)C)c(-c2ccc(N(C)C)cc2)[nH]c1=O. The number of pyridine rings is 1. The molecule has 2 aromatic rings. The lowest BCUT2D eigenvalue weighted by atomic mass is 9.96. The Hall–Kier alpha value is -2.03. The van der Waals surface area contributed by atoms with E-state index in [4.69, 9.17) is 0 Å². The fraction of sp³-hybridized carbons (Fsp3) is 0.353. The lowest BCUT2D eigenvalue weighted by molar-refractivity contribution is 0.856. The molecule has 0 aliphatic rings. The van der Waals surface area contributed by atoms with E-state index in [9.17, 15) is 4.79 Å². The van der Waals surface area contributed by atoms with Crippen molar-refractivity contribution in [2.45, 2.75) is 26.7 Å². The van der Waals surface area contributed by atoms with E-state index in [0.717, 1.165) is 22.5 Å². The van der Waals surface area contributed by atoms with E-state index in [1.165, 1.54) is 5.56 Å². The summed E-state index contributed by atoms with van der Waals surface area (Å²) in [5, 5.41) is 0. The summed E-state index contributed by atoms with van der Waals surface area (Å²) in [5.41, 5.74) is 5.06. The molecule has 106 valence electrons. The van der Waals surface area contributed by atoms with Crippen LogP contribution in [0.15, 0.2) is 35.1 Å². The number of H-pyrrole nitrogens is 1. The van der Waals surface area contributed by atoms with Crippen LogP contribution in [0.3, 0.4) is 0 Å². The largest absolute Gasteiger partial charge is 0.378 e. The minimum absolute atomic E-state index is 0.0129. The number of aromatic amines is 1. The van der Waals surface area contributed by atoms with Crippen LogP contribution in [0.2, 0.25) is 0 Å². The molecule has 0 spiro atoms. The van der Waals surface area contributed by atoms with E-state index in [-0.39, 0.29) is 5.56 Å². The summed E-state index contributed by atoms with van der Waals surface area (Å²) < 4.78 is 0. The number of aryl methyl sites for hydroxylation is 1. The smallest absolute Gasteiger partial charge is 0.251 e. The summed E-state index contributed by atoms with van der Waals surface area (Å²) >= 11 is 0. The Labute approximate surface area is 120 Å². The highest BCUT2D eigenvalue weighted by Crippen LogP contribution is 2.28. The summed E-state index contributed by atoms with van der Waals surface area (Å²) in [6.07, 6.45) is 0. The van der Waals surface area contributed by atoms with Crippen LogP contribution in [0, 0.1) is 6.92 Å². The maximum atomic E-state index is 11.9. The third-order valence-electron chi connectivity index (χ3n) is 3.55. The van der Waals surface area contributed by atoms with E-state index in [1.54, 1.807) is 0 Å². The molecule has 0 fully saturated rings. The molecule has 3 nitrogen and oxygen atoms in total. The van der Waals surface area contributed by atoms with E-state index in [1.807, 2.05) is 27.1 Å². The molecule has 2 rings (SSSR count). The first kappa shape index (κ1) is 14.4. The van der Waals surface area contributed by atoms with E-state index >= 15 is 0 Å². The molecule has 0 aliphatic carbocycles. The molecular formula is C17H22N2O. The Balaban J connectivity index is 2.56. The van der Waals surface area contributed by atoms with Gasteiger partial charge in [0.1, 0.15) is 0 Å². The fourth-order valence-electron chi connectivity index (χ4n) is 2.28. The highest BCUT2D eigenvalue weighted by atomic mass is 16.1. The number of nitrogens with one attached hydrogen (secondary N) is 1. The number of hydrogen-bond acceptors (Lipinski definition) is 2. The molecule has 1 heterocycles. The number of aromatic nitrogens is 1. The molecule has 1 aromatic heterocycles. The van der Waals surface area contributed by atoms with Gasteiger partial charge in [-0.3, -0.25) is 4.79 Å². The standard InChI is InChI=1S/C17H22N2O/c1-11(2)15-10-12(3)17(20)18-16(15)13-6-8-14(9-7-13)19(4)5/h6-11H,1-5H3,(H,18,20). The zero-order valence-electron chi connectivity index (χ0n) is 12.8. The van der Waals surface area contributed by atoms with Gasteiger partial charge in [0.15, 0.2) is 0 Å². The third kappa shape index (κ3) is 2.77. The number of benzene rings is 1. The number of anilines is 1. The Bertz CT molecular complexity index is 652. The van der Waals surface area contributed by atoms with Gasteiger partial charge in [-0.05, 0) is 42.2 Å². The number of nitrogens with zero attached hydrogens (tertiary/aromatic N) is 1. The normalized spacial score (nSPS) is 10.9. The average molecular weight is 270 g/mol. The first-order chi connectivity index (χ1) is 9.40. The lowest BCUT2D eigenvalue weighted by Gasteiger charge is -2.16. The lowest BCUT2D eigenvalue weighted by Crippen LogP contribution is -2.13. The summed E-state index contributed by atoms with van der Waals surface area (Å²) in [6.45, 7) is 6.14. The zero-order valence-corrected chi connectivity index (χ0v) is 12.8. The third-order valence-corrected chi connectivity index (χ3v) is 3.55. The van der Waals surface area contributed by atoms with Crippen molar-refractivity contribution in [2.75, 3.05) is 19.0 Å². The van der Waals surface area contributed by atoms with Crippen molar-refractivity contribution < 1.29 is 0 Å². The van der Waals surface area contributed by atoms with Crippen LogP contribution in [0.5, 0.6) is 0 Å². The van der Waals surface area contributed by atoms with Crippen molar-refractivity contribution >= 4 is 5.69 Å². The minimum Gasteiger partial charge on any atom is -0.378 e. The second kappa shape index (κ2) is 5.53. The fourth-order valence-corrected chi connectivity index (χ4v) is 2.28. The molecule has 0 unspecified atom stereocenters. The van der Waals surface area contributed by atoms with Crippen LogP contribution in [0.4, 0.5) is 5.69 Å². The van der Waals surface area contributed by atoms with Crippen molar-refractivity contribution in [3.63, 3.8) is 0 Å². The Kier molecular flexibility index (Phi) is 3.98. The molecule has 0 bridgehead atoms. The second-order valence-electron chi connectivity index (χ2n) is 5.71.